The van der Waals surface area contributed by atoms with Crippen molar-refractivity contribution >= 4 is 5.69 Å². The van der Waals surface area contributed by atoms with E-state index in [4.69, 9.17) is 4.74 Å². The first-order valence-electron chi connectivity index (χ1n) is 7.98. The van der Waals surface area contributed by atoms with Crippen LogP contribution in [0.15, 0.2) is 24.3 Å². The van der Waals surface area contributed by atoms with Crippen molar-refractivity contribution in [3.63, 3.8) is 0 Å². The lowest BCUT2D eigenvalue weighted by Gasteiger charge is -2.37. The minimum absolute atomic E-state index is 0.458. The van der Waals surface area contributed by atoms with Gasteiger partial charge in [0.25, 0.3) is 0 Å². The van der Waals surface area contributed by atoms with E-state index in [-0.39, 0.29) is 0 Å². The zero-order chi connectivity index (χ0) is 14.6. The Labute approximate surface area is 123 Å². The van der Waals surface area contributed by atoms with Crippen LogP contribution >= 0.6 is 0 Å². The fraction of sp³-hybridized carbons (Fsp3) is 0.667. The summed E-state index contributed by atoms with van der Waals surface area (Å²) in [5.74, 6) is 1.83. The lowest BCUT2D eigenvalue weighted by Crippen LogP contribution is -2.31. The van der Waals surface area contributed by atoms with Crippen molar-refractivity contribution in [2.45, 2.75) is 59.4 Å². The summed E-state index contributed by atoms with van der Waals surface area (Å²) in [6.45, 7) is 9.86. The van der Waals surface area contributed by atoms with Crippen LogP contribution in [0.4, 0.5) is 5.69 Å². The van der Waals surface area contributed by atoms with Gasteiger partial charge in [-0.2, -0.15) is 0 Å². The number of nitrogens with one attached hydrogen (secondary N) is 1. The van der Waals surface area contributed by atoms with Crippen molar-refractivity contribution in [2.24, 2.45) is 11.3 Å². The van der Waals surface area contributed by atoms with Crippen molar-refractivity contribution in [3.8, 4) is 5.75 Å². The molecule has 0 unspecified atom stereocenters. The monoisotopic (exact) mass is 275 g/mol. The normalized spacial score (nSPS) is 23.4. The van der Waals surface area contributed by atoms with Gasteiger partial charge in [0.05, 0.1) is 6.61 Å². The number of benzene rings is 1. The maximum Gasteiger partial charge on any atom is 0.121 e. The van der Waals surface area contributed by atoms with Crippen LogP contribution in [0.3, 0.4) is 0 Å². The second kappa shape index (κ2) is 6.51. The van der Waals surface area contributed by atoms with Gasteiger partial charge in [-0.15, -0.1) is 0 Å². The smallest absolute Gasteiger partial charge is 0.121 e. The number of ether oxygens (including phenoxy) is 1. The van der Waals surface area contributed by atoms with Gasteiger partial charge < -0.3 is 10.1 Å². The standard InChI is InChI=1S/C18H29NO/c1-5-20-17-8-6-7-16(13-17)19-15-11-9-14(10-12-15)18(2,3)4/h6-8,13-15,19H,5,9-12H2,1-4H3. The molecule has 2 nitrogen and oxygen atoms in total. The average molecular weight is 275 g/mol. The van der Waals surface area contributed by atoms with Crippen LogP contribution < -0.4 is 10.1 Å². The van der Waals surface area contributed by atoms with Gasteiger partial charge in [-0.05, 0) is 56.1 Å². The summed E-state index contributed by atoms with van der Waals surface area (Å²) in [4.78, 5) is 0. The van der Waals surface area contributed by atoms with Gasteiger partial charge in [0.1, 0.15) is 5.75 Å². The second-order valence-corrected chi connectivity index (χ2v) is 7.02. The number of anilines is 1. The Kier molecular flexibility index (Phi) is 4.95. The Balaban J connectivity index is 1.88. The summed E-state index contributed by atoms with van der Waals surface area (Å²) < 4.78 is 5.56. The molecule has 0 heterocycles. The SMILES string of the molecule is CCOc1cccc(NC2CCC(C(C)(C)C)CC2)c1. The molecule has 2 heteroatoms. The van der Waals surface area contributed by atoms with Gasteiger partial charge in [0, 0.05) is 17.8 Å². The molecule has 1 aliphatic carbocycles. The fourth-order valence-corrected chi connectivity index (χ4v) is 3.18. The van der Waals surface area contributed by atoms with Crippen LogP contribution in [-0.2, 0) is 0 Å². The van der Waals surface area contributed by atoms with Crippen LogP contribution in [0, 0.1) is 11.3 Å². The van der Waals surface area contributed by atoms with Crippen molar-refractivity contribution in [1.82, 2.24) is 0 Å². The molecule has 1 N–H and O–H groups in total. The molecule has 1 aromatic carbocycles. The summed E-state index contributed by atoms with van der Waals surface area (Å²) >= 11 is 0. The molecule has 20 heavy (non-hydrogen) atoms. The Morgan fingerprint density at radius 1 is 1.15 bits per heavy atom. The van der Waals surface area contributed by atoms with E-state index < -0.39 is 0 Å². The first-order chi connectivity index (χ1) is 9.49. The molecule has 0 amide bonds. The minimum Gasteiger partial charge on any atom is -0.494 e. The highest BCUT2D eigenvalue weighted by Gasteiger charge is 2.29. The van der Waals surface area contributed by atoms with Crippen molar-refractivity contribution in [2.75, 3.05) is 11.9 Å². The van der Waals surface area contributed by atoms with Gasteiger partial charge in [-0.3, -0.25) is 0 Å². The van der Waals surface area contributed by atoms with Gasteiger partial charge in [-0.25, -0.2) is 0 Å². The second-order valence-electron chi connectivity index (χ2n) is 7.02. The molecule has 0 radical (unpaired) electrons. The molecular formula is C18H29NO. The zero-order valence-electron chi connectivity index (χ0n) is 13.4. The Morgan fingerprint density at radius 3 is 2.45 bits per heavy atom. The van der Waals surface area contributed by atoms with Crippen molar-refractivity contribution in [3.05, 3.63) is 24.3 Å². The molecule has 1 aliphatic rings. The third-order valence-corrected chi connectivity index (χ3v) is 4.47. The summed E-state index contributed by atoms with van der Waals surface area (Å²) in [6.07, 6.45) is 5.24. The molecular weight excluding hydrogens is 246 g/mol. The molecule has 0 aromatic heterocycles. The van der Waals surface area contributed by atoms with E-state index in [9.17, 15) is 0 Å². The van der Waals surface area contributed by atoms with Crippen LogP contribution in [0.1, 0.15) is 53.4 Å². The quantitative estimate of drug-likeness (QED) is 0.825. The highest BCUT2D eigenvalue weighted by atomic mass is 16.5. The number of hydrogen-bond acceptors (Lipinski definition) is 2. The lowest BCUT2D eigenvalue weighted by atomic mass is 9.71. The molecule has 0 spiro atoms. The molecule has 2 rings (SSSR count). The Morgan fingerprint density at radius 2 is 1.85 bits per heavy atom. The third-order valence-electron chi connectivity index (χ3n) is 4.47. The van der Waals surface area contributed by atoms with E-state index in [1.165, 1.54) is 31.4 Å². The highest BCUT2D eigenvalue weighted by Crippen LogP contribution is 2.38. The van der Waals surface area contributed by atoms with E-state index in [1.54, 1.807) is 0 Å². The maximum absolute atomic E-state index is 5.56. The number of hydrogen-bond donors (Lipinski definition) is 1. The van der Waals surface area contributed by atoms with Gasteiger partial charge in [-0.1, -0.05) is 26.8 Å². The van der Waals surface area contributed by atoms with E-state index in [1.807, 2.05) is 13.0 Å². The summed E-state index contributed by atoms with van der Waals surface area (Å²) in [7, 11) is 0. The third kappa shape index (κ3) is 4.16. The van der Waals surface area contributed by atoms with Gasteiger partial charge in [0.15, 0.2) is 0 Å². The fourth-order valence-electron chi connectivity index (χ4n) is 3.18. The van der Waals surface area contributed by atoms with E-state index >= 15 is 0 Å². The topological polar surface area (TPSA) is 21.3 Å². The maximum atomic E-state index is 5.56. The Hall–Kier alpha value is -1.18. The van der Waals surface area contributed by atoms with Crippen LogP contribution in [0.2, 0.25) is 0 Å². The molecule has 0 aliphatic heterocycles. The largest absolute Gasteiger partial charge is 0.494 e. The van der Waals surface area contributed by atoms with Gasteiger partial charge >= 0.3 is 0 Å². The number of rotatable bonds is 4. The van der Waals surface area contributed by atoms with E-state index in [2.05, 4.69) is 44.3 Å². The first-order valence-corrected chi connectivity index (χ1v) is 7.98. The van der Waals surface area contributed by atoms with Crippen LogP contribution in [-0.4, -0.2) is 12.6 Å². The average Bonchev–Trinajstić information content (AvgIpc) is 2.39. The van der Waals surface area contributed by atoms with E-state index in [0.717, 1.165) is 18.3 Å². The zero-order valence-corrected chi connectivity index (χ0v) is 13.4. The molecule has 0 bridgehead atoms. The Bertz CT molecular complexity index is 414. The summed E-state index contributed by atoms with van der Waals surface area (Å²) in [5, 5.41) is 3.67. The summed E-state index contributed by atoms with van der Waals surface area (Å²) in [5.41, 5.74) is 1.65. The molecule has 0 saturated heterocycles. The molecule has 1 saturated carbocycles. The van der Waals surface area contributed by atoms with Crippen LogP contribution in [0.25, 0.3) is 0 Å². The predicted molar refractivity (Wildman–Crippen MR) is 86.4 cm³/mol. The molecule has 1 aromatic rings. The van der Waals surface area contributed by atoms with Crippen LogP contribution in [0.5, 0.6) is 5.75 Å². The predicted octanol–water partition coefficient (Wildman–Crippen LogP) is 5.10. The highest BCUT2D eigenvalue weighted by molar-refractivity contribution is 5.48. The van der Waals surface area contributed by atoms with Crippen molar-refractivity contribution in [1.29, 1.82) is 0 Å². The van der Waals surface area contributed by atoms with Gasteiger partial charge in [0.2, 0.25) is 0 Å². The molecule has 1 fully saturated rings. The van der Waals surface area contributed by atoms with E-state index in [0.29, 0.717) is 11.5 Å². The molecule has 0 atom stereocenters. The summed E-state index contributed by atoms with van der Waals surface area (Å²) in [6, 6.07) is 8.95. The van der Waals surface area contributed by atoms with Crippen molar-refractivity contribution < 1.29 is 4.74 Å². The lowest BCUT2D eigenvalue weighted by molar-refractivity contribution is 0.173. The molecule has 112 valence electrons. The minimum atomic E-state index is 0.458. The first kappa shape index (κ1) is 15.2.